The molecule has 0 aromatic rings. The van der Waals surface area contributed by atoms with E-state index in [1.165, 1.54) is 0 Å². The summed E-state index contributed by atoms with van der Waals surface area (Å²) in [5.74, 6) is -2.27. The van der Waals surface area contributed by atoms with Crippen molar-refractivity contribution < 1.29 is 24.0 Å². The van der Waals surface area contributed by atoms with Gasteiger partial charge in [0.2, 0.25) is 0 Å². The first kappa shape index (κ1) is 14.3. The van der Waals surface area contributed by atoms with E-state index in [9.17, 15) is 19.2 Å². The van der Waals surface area contributed by atoms with Gasteiger partial charge in [-0.3, -0.25) is 9.59 Å². The van der Waals surface area contributed by atoms with Crippen LogP contribution in [0.15, 0.2) is 0 Å². The number of unbranched alkanes of at least 4 members (excludes halogenated alkanes) is 1. The highest BCUT2D eigenvalue weighted by Crippen LogP contribution is 2.18. The summed E-state index contributed by atoms with van der Waals surface area (Å²) in [6, 6.07) is 0. The maximum atomic E-state index is 11.8. The van der Waals surface area contributed by atoms with Crippen molar-refractivity contribution in [3.63, 3.8) is 0 Å². The highest BCUT2D eigenvalue weighted by Gasteiger charge is 2.34. The van der Waals surface area contributed by atoms with Gasteiger partial charge in [-0.15, -0.1) is 5.06 Å². The molecule has 0 bridgehead atoms. The standard InChI is InChI=1S/C12H17NO5/c1-2-3-4-9(7-8-14)12(17)18-13-10(15)5-6-11(13)16/h8-9H,2-7H2,1H3. The van der Waals surface area contributed by atoms with Gasteiger partial charge in [0.25, 0.3) is 11.8 Å². The Morgan fingerprint density at radius 2 is 2.00 bits per heavy atom. The van der Waals surface area contributed by atoms with Crippen molar-refractivity contribution in [2.45, 2.75) is 45.4 Å². The van der Waals surface area contributed by atoms with Gasteiger partial charge < -0.3 is 9.63 Å². The van der Waals surface area contributed by atoms with Crippen LogP contribution in [0.3, 0.4) is 0 Å². The van der Waals surface area contributed by atoms with Crippen LogP contribution in [-0.2, 0) is 24.0 Å². The molecule has 0 saturated carbocycles. The molecule has 100 valence electrons. The molecule has 6 nitrogen and oxygen atoms in total. The van der Waals surface area contributed by atoms with Crippen LogP contribution in [0.2, 0.25) is 0 Å². The largest absolute Gasteiger partial charge is 0.336 e. The Morgan fingerprint density at radius 3 is 2.50 bits per heavy atom. The number of imide groups is 1. The second-order valence-electron chi connectivity index (χ2n) is 4.23. The van der Waals surface area contributed by atoms with E-state index in [0.717, 1.165) is 12.8 Å². The van der Waals surface area contributed by atoms with Crippen LogP contribution in [0.25, 0.3) is 0 Å². The van der Waals surface area contributed by atoms with Gasteiger partial charge in [-0.05, 0) is 6.42 Å². The Morgan fingerprint density at radius 1 is 1.39 bits per heavy atom. The molecule has 1 heterocycles. The Kier molecular flexibility index (Phi) is 5.48. The van der Waals surface area contributed by atoms with Crippen LogP contribution in [0.4, 0.5) is 0 Å². The summed E-state index contributed by atoms with van der Waals surface area (Å²) < 4.78 is 0. The van der Waals surface area contributed by atoms with Gasteiger partial charge in [0.15, 0.2) is 0 Å². The lowest BCUT2D eigenvalue weighted by molar-refractivity contribution is -0.200. The zero-order valence-corrected chi connectivity index (χ0v) is 10.4. The number of carbonyl (C=O) groups is 4. The summed E-state index contributed by atoms with van der Waals surface area (Å²) in [5, 5.41) is 0.520. The fourth-order valence-electron chi connectivity index (χ4n) is 1.72. The molecule has 1 saturated heterocycles. The summed E-state index contributed by atoms with van der Waals surface area (Å²) in [6.45, 7) is 1.97. The zero-order valence-electron chi connectivity index (χ0n) is 10.4. The number of hydrogen-bond donors (Lipinski definition) is 0. The number of amides is 2. The van der Waals surface area contributed by atoms with Crippen LogP contribution in [0.5, 0.6) is 0 Å². The summed E-state index contributed by atoms with van der Waals surface area (Å²) in [5.41, 5.74) is 0. The minimum atomic E-state index is -0.681. The fraction of sp³-hybridized carbons (Fsp3) is 0.667. The van der Waals surface area contributed by atoms with Crippen molar-refractivity contribution in [2.24, 2.45) is 5.92 Å². The fourth-order valence-corrected chi connectivity index (χ4v) is 1.72. The van der Waals surface area contributed by atoms with E-state index in [1.807, 2.05) is 6.92 Å². The van der Waals surface area contributed by atoms with Crippen molar-refractivity contribution in [1.29, 1.82) is 0 Å². The normalized spacial score (nSPS) is 16.8. The molecule has 18 heavy (non-hydrogen) atoms. The Labute approximate surface area is 105 Å². The zero-order chi connectivity index (χ0) is 13.5. The maximum Gasteiger partial charge on any atom is 0.336 e. The third-order valence-corrected chi connectivity index (χ3v) is 2.81. The molecule has 1 aliphatic rings. The smallest absolute Gasteiger partial charge is 0.330 e. The molecule has 1 rings (SSSR count). The number of carbonyl (C=O) groups excluding carboxylic acids is 4. The van der Waals surface area contributed by atoms with Crippen molar-refractivity contribution in [2.75, 3.05) is 0 Å². The lowest BCUT2D eigenvalue weighted by atomic mass is 10.00. The van der Waals surface area contributed by atoms with Gasteiger partial charge in [0.05, 0.1) is 5.92 Å². The highest BCUT2D eigenvalue weighted by atomic mass is 16.7. The molecule has 0 spiro atoms. The monoisotopic (exact) mass is 255 g/mol. The molecule has 0 aliphatic carbocycles. The van der Waals surface area contributed by atoms with Gasteiger partial charge in [-0.2, -0.15) is 0 Å². The summed E-state index contributed by atoms with van der Waals surface area (Å²) in [4.78, 5) is 49.6. The number of hydroxylamine groups is 2. The Balaban J connectivity index is 2.57. The lowest BCUT2D eigenvalue weighted by Gasteiger charge is -2.17. The molecule has 1 atom stereocenters. The third-order valence-electron chi connectivity index (χ3n) is 2.81. The van der Waals surface area contributed by atoms with Crippen LogP contribution in [0.1, 0.15) is 45.4 Å². The molecule has 6 heteroatoms. The van der Waals surface area contributed by atoms with Crippen molar-refractivity contribution in [3.8, 4) is 0 Å². The van der Waals surface area contributed by atoms with Crippen molar-refractivity contribution in [3.05, 3.63) is 0 Å². The van der Waals surface area contributed by atoms with Gasteiger partial charge in [0.1, 0.15) is 6.29 Å². The summed E-state index contributed by atoms with van der Waals surface area (Å²) >= 11 is 0. The molecule has 2 amide bonds. The van der Waals surface area contributed by atoms with E-state index < -0.39 is 23.7 Å². The van der Waals surface area contributed by atoms with E-state index in [-0.39, 0.29) is 19.3 Å². The lowest BCUT2D eigenvalue weighted by Crippen LogP contribution is -2.34. The topological polar surface area (TPSA) is 80.8 Å². The number of nitrogens with zero attached hydrogens (tertiary/aromatic N) is 1. The van der Waals surface area contributed by atoms with Gasteiger partial charge in [-0.1, -0.05) is 19.8 Å². The molecular formula is C12H17NO5. The first-order valence-corrected chi connectivity index (χ1v) is 6.11. The van der Waals surface area contributed by atoms with Crippen LogP contribution >= 0.6 is 0 Å². The molecule has 0 aromatic carbocycles. The maximum absolute atomic E-state index is 11.8. The number of rotatable bonds is 7. The van der Waals surface area contributed by atoms with Gasteiger partial charge >= 0.3 is 5.97 Å². The van der Waals surface area contributed by atoms with Crippen molar-refractivity contribution in [1.82, 2.24) is 5.06 Å². The SMILES string of the molecule is CCCCC(CC=O)C(=O)ON1C(=O)CCC1=O. The molecule has 0 radical (unpaired) electrons. The quantitative estimate of drug-likeness (QED) is 0.500. The molecular weight excluding hydrogens is 238 g/mol. The minimum absolute atomic E-state index is 0.0506. The van der Waals surface area contributed by atoms with Crippen molar-refractivity contribution >= 4 is 24.1 Å². The third kappa shape index (κ3) is 3.65. The summed E-state index contributed by atoms with van der Waals surface area (Å²) in [7, 11) is 0. The average molecular weight is 255 g/mol. The van der Waals surface area contributed by atoms with Crippen LogP contribution < -0.4 is 0 Å². The second-order valence-corrected chi connectivity index (χ2v) is 4.23. The van der Waals surface area contributed by atoms with E-state index >= 15 is 0 Å². The van der Waals surface area contributed by atoms with E-state index in [0.29, 0.717) is 17.8 Å². The van der Waals surface area contributed by atoms with Gasteiger partial charge in [0, 0.05) is 19.3 Å². The predicted octanol–water partition coefficient (Wildman–Crippen LogP) is 0.989. The highest BCUT2D eigenvalue weighted by molar-refractivity contribution is 6.01. The minimum Gasteiger partial charge on any atom is -0.330 e. The number of aldehydes is 1. The predicted molar refractivity (Wildman–Crippen MR) is 60.9 cm³/mol. The Hall–Kier alpha value is -1.72. The first-order chi connectivity index (χ1) is 8.60. The van der Waals surface area contributed by atoms with Crippen LogP contribution in [-0.4, -0.2) is 29.1 Å². The van der Waals surface area contributed by atoms with E-state index in [4.69, 9.17) is 4.84 Å². The van der Waals surface area contributed by atoms with Crippen LogP contribution in [0, 0.1) is 5.92 Å². The van der Waals surface area contributed by atoms with E-state index in [1.54, 1.807) is 0 Å². The van der Waals surface area contributed by atoms with Gasteiger partial charge in [-0.25, -0.2) is 4.79 Å². The summed E-state index contributed by atoms with van der Waals surface area (Å²) in [6.07, 6.45) is 3.03. The first-order valence-electron chi connectivity index (χ1n) is 6.11. The number of hydrogen-bond acceptors (Lipinski definition) is 5. The second kappa shape index (κ2) is 6.88. The molecule has 0 aromatic heterocycles. The molecule has 1 unspecified atom stereocenters. The molecule has 1 fully saturated rings. The molecule has 1 aliphatic heterocycles. The molecule has 0 N–H and O–H groups in total. The average Bonchev–Trinajstić information content (AvgIpc) is 2.66. The Bertz CT molecular complexity index is 336. The van der Waals surface area contributed by atoms with E-state index in [2.05, 4.69) is 0 Å².